The summed E-state index contributed by atoms with van der Waals surface area (Å²) in [6, 6.07) is 2.95. The lowest BCUT2D eigenvalue weighted by molar-refractivity contribution is -0.0361. The van der Waals surface area contributed by atoms with Crippen LogP contribution in [0.2, 0.25) is 0 Å². The molecule has 0 radical (unpaired) electrons. The molecule has 1 N–H and O–H groups in total. The van der Waals surface area contributed by atoms with Crippen LogP contribution < -0.4 is 10.1 Å². The number of hydrogen-bond acceptors (Lipinski definition) is 7. The van der Waals surface area contributed by atoms with Gasteiger partial charge in [0.25, 0.3) is 5.95 Å². The Morgan fingerprint density at radius 3 is 2.63 bits per heavy atom. The lowest BCUT2D eigenvalue weighted by atomic mass is 9.92. The van der Waals surface area contributed by atoms with E-state index in [1.807, 2.05) is 20.8 Å². The van der Waals surface area contributed by atoms with Gasteiger partial charge in [-0.1, -0.05) is 0 Å². The molecule has 3 heterocycles. The monoisotopic (exact) mass is 496 g/mol. The highest BCUT2D eigenvalue weighted by Gasteiger charge is 2.35. The molecule has 1 atom stereocenters. The topological polar surface area (TPSA) is 94.4 Å². The van der Waals surface area contributed by atoms with E-state index in [1.54, 1.807) is 17.2 Å². The van der Waals surface area contributed by atoms with Crippen LogP contribution in [0.3, 0.4) is 0 Å². The number of likely N-dealkylation sites (tertiary alicyclic amines) is 1. The van der Waals surface area contributed by atoms with Crippen LogP contribution in [0.25, 0.3) is 5.95 Å². The molecule has 1 unspecified atom stereocenters. The zero-order valence-electron chi connectivity index (χ0n) is 20.1. The van der Waals surface area contributed by atoms with E-state index in [0.29, 0.717) is 38.2 Å². The molecule has 1 amide bonds. The molecular formula is C23H31F3N6O3. The number of anilines is 1. The van der Waals surface area contributed by atoms with Crippen LogP contribution in [-0.4, -0.2) is 67.5 Å². The van der Waals surface area contributed by atoms with Gasteiger partial charge in [0.15, 0.2) is 0 Å². The summed E-state index contributed by atoms with van der Waals surface area (Å²) in [6.45, 7) is 5.52. The molecular weight excluding hydrogens is 465 g/mol. The standard InChI is InChI=1S/C23H31F3N6O3/c1-22(2,3)35-21(33)31-10-7-17(14-31)34-19-12-18(27-15-4-8-23(25,26)9-5-15)28-20(29-19)32-11-6-16(13-24)30-32/h6,11-12,15,17H,4-5,7-10,13-14H2,1-3H3,(H,27,28,29). The number of aromatic nitrogens is 4. The maximum atomic E-state index is 13.6. The summed E-state index contributed by atoms with van der Waals surface area (Å²) in [6.07, 6.45) is 1.66. The molecule has 2 aromatic heterocycles. The zero-order chi connectivity index (χ0) is 25.2. The largest absolute Gasteiger partial charge is 0.472 e. The third kappa shape index (κ3) is 6.76. The first kappa shape index (κ1) is 25.1. The Kier molecular flexibility index (Phi) is 7.09. The van der Waals surface area contributed by atoms with Crippen molar-refractivity contribution >= 4 is 11.9 Å². The summed E-state index contributed by atoms with van der Waals surface area (Å²) in [4.78, 5) is 22.8. The fourth-order valence-electron chi connectivity index (χ4n) is 4.08. The predicted octanol–water partition coefficient (Wildman–Crippen LogP) is 4.51. The minimum atomic E-state index is -2.64. The highest BCUT2D eigenvalue weighted by atomic mass is 19.3. The normalized spacial score (nSPS) is 20.6. The fraction of sp³-hybridized carbons (Fsp3) is 0.652. The maximum Gasteiger partial charge on any atom is 0.410 e. The van der Waals surface area contributed by atoms with Crippen molar-refractivity contribution in [3.8, 4) is 11.8 Å². The first-order valence-electron chi connectivity index (χ1n) is 11.8. The van der Waals surface area contributed by atoms with Gasteiger partial charge in [0.1, 0.15) is 24.2 Å². The third-order valence-corrected chi connectivity index (χ3v) is 5.83. The van der Waals surface area contributed by atoms with E-state index in [0.717, 1.165) is 0 Å². The van der Waals surface area contributed by atoms with Crippen molar-refractivity contribution in [2.75, 3.05) is 18.4 Å². The number of carbonyl (C=O) groups is 1. The maximum absolute atomic E-state index is 13.6. The van der Waals surface area contributed by atoms with Crippen molar-refractivity contribution in [1.29, 1.82) is 0 Å². The molecule has 0 spiro atoms. The molecule has 4 rings (SSSR count). The van der Waals surface area contributed by atoms with E-state index in [1.165, 1.54) is 10.7 Å². The van der Waals surface area contributed by atoms with Gasteiger partial charge >= 0.3 is 6.09 Å². The van der Waals surface area contributed by atoms with Crippen LogP contribution in [0.5, 0.6) is 5.88 Å². The predicted molar refractivity (Wildman–Crippen MR) is 122 cm³/mol. The molecule has 192 valence electrons. The average Bonchev–Trinajstić information content (AvgIpc) is 3.44. The summed E-state index contributed by atoms with van der Waals surface area (Å²) in [7, 11) is 0. The van der Waals surface area contributed by atoms with Crippen molar-refractivity contribution in [2.45, 2.75) is 83.2 Å². The van der Waals surface area contributed by atoms with Gasteiger partial charge in [-0.2, -0.15) is 15.1 Å². The Morgan fingerprint density at radius 2 is 1.97 bits per heavy atom. The molecule has 1 aliphatic carbocycles. The number of hydrogen-bond donors (Lipinski definition) is 1. The Hall–Kier alpha value is -3.05. The number of nitrogens with one attached hydrogen (secondary N) is 1. The third-order valence-electron chi connectivity index (χ3n) is 5.83. The number of carbonyl (C=O) groups excluding carboxylic acids is 1. The minimum Gasteiger partial charge on any atom is -0.472 e. The summed E-state index contributed by atoms with van der Waals surface area (Å²) in [5.74, 6) is -1.83. The minimum absolute atomic E-state index is 0.160. The first-order chi connectivity index (χ1) is 16.5. The Morgan fingerprint density at radius 1 is 1.23 bits per heavy atom. The molecule has 0 bridgehead atoms. The van der Waals surface area contributed by atoms with Crippen molar-refractivity contribution in [2.24, 2.45) is 0 Å². The zero-order valence-corrected chi connectivity index (χ0v) is 20.1. The highest BCUT2D eigenvalue weighted by molar-refractivity contribution is 5.68. The van der Waals surface area contributed by atoms with E-state index in [4.69, 9.17) is 9.47 Å². The van der Waals surface area contributed by atoms with Gasteiger partial charge in [0.2, 0.25) is 11.8 Å². The van der Waals surface area contributed by atoms with Gasteiger partial charge in [-0.15, -0.1) is 0 Å². The van der Waals surface area contributed by atoms with E-state index in [-0.39, 0.29) is 42.5 Å². The fourth-order valence-corrected chi connectivity index (χ4v) is 4.08. The molecule has 35 heavy (non-hydrogen) atoms. The van der Waals surface area contributed by atoms with Crippen LogP contribution in [-0.2, 0) is 11.4 Å². The van der Waals surface area contributed by atoms with Crippen molar-refractivity contribution in [3.63, 3.8) is 0 Å². The highest BCUT2D eigenvalue weighted by Crippen LogP contribution is 2.34. The van der Waals surface area contributed by atoms with Crippen LogP contribution >= 0.6 is 0 Å². The number of rotatable bonds is 6. The number of amides is 1. The summed E-state index contributed by atoms with van der Waals surface area (Å²) in [5, 5.41) is 7.32. The lowest BCUT2D eigenvalue weighted by Crippen LogP contribution is -2.36. The van der Waals surface area contributed by atoms with Gasteiger partial charge in [-0.3, -0.25) is 0 Å². The smallest absolute Gasteiger partial charge is 0.410 e. The van der Waals surface area contributed by atoms with Crippen LogP contribution in [0, 0.1) is 0 Å². The van der Waals surface area contributed by atoms with Crippen LogP contribution in [0.4, 0.5) is 23.8 Å². The van der Waals surface area contributed by atoms with Gasteiger partial charge in [0, 0.05) is 44.1 Å². The molecule has 1 aliphatic heterocycles. The second-order valence-electron chi connectivity index (χ2n) is 10.0. The van der Waals surface area contributed by atoms with Gasteiger partial charge in [-0.25, -0.2) is 22.6 Å². The number of ether oxygens (including phenoxy) is 2. The van der Waals surface area contributed by atoms with Crippen LogP contribution in [0.15, 0.2) is 18.3 Å². The second kappa shape index (κ2) is 9.90. The number of nitrogens with zero attached hydrogens (tertiary/aromatic N) is 5. The Labute approximate surface area is 202 Å². The summed E-state index contributed by atoms with van der Waals surface area (Å²) < 4.78 is 52.9. The van der Waals surface area contributed by atoms with E-state index < -0.39 is 24.3 Å². The molecule has 2 aliphatic rings. The molecule has 1 saturated carbocycles. The first-order valence-corrected chi connectivity index (χ1v) is 11.8. The molecule has 2 fully saturated rings. The van der Waals surface area contributed by atoms with Crippen molar-refractivity contribution < 1.29 is 27.4 Å². The van der Waals surface area contributed by atoms with Gasteiger partial charge in [-0.05, 0) is 39.7 Å². The van der Waals surface area contributed by atoms with Crippen molar-refractivity contribution in [1.82, 2.24) is 24.6 Å². The second-order valence-corrected chi connectivity index (χ2v) is 10.0. The van der Waals surface area contributed by atoms with Gasteiger partial charge < -0.3 is 19.7 Å². The van der Waals surface area contributed by atoms with Crippen LogP contribution in [0.1, 0.15) is 58.6 Å². The molecule has 0 aromatic carbocycles. The average molecular weight is 497 g/mol. The quantitative estimate of drug-likeness (QED) is 0.629. The number of alkyl halides is 3. The van der Waals surface area contributed by atoms with E-state index in [9.17, 15) is 18.0 Å². The Bertz CT molecular complexity index is 1030. The lowest BCUT2D eigenvalue weighted by Gasteiger charge is -2.29. The van der Waals surface area contributed by atoms with E-state index in [2.05, 4.69) is 20.4 Å². The van der Waals surface area contributed by atoms with Gasteiger partial charge in [0.05, 0.1) is 12.2 Å². The SMILES string of the molecule is CC(C)(C)OC(=O)N1CCC(Oc2cc(NC3CCC(F)(F)CC3)nc(-n3ccc(CF)n3)n2)C1. The van der Waals surface area contributed by atoms with Crippen molar-refractivity contribution in [3.05, 3.63) is 24.0 Å². The number of halogens is 3. The molecule has 9 nitrogen and oxygen atoms in total. The summed E-state index contributed by atoms with van der Waals surface area (Å²) in [5.41, 5.74) is -0.364. The Balaban J connectivity index is 1.49. The van der Waals surface area contributed by atoms with E-state index >= 15 is 0 Å². The molecule has 12 heteroatoms. The molecule has 1 saturated heterocycles. The summed E-state index contributed by atoms with van der Waals surface area (Å²) >= 11 is 0. The molecule has 2 aromatic rings.